The molecule has 0 aliphatic carbocycles. The molecule has 0 heterocycles. The summed E-state index contributed by atoms with van der Waals surface area (Å²) in [6, 6.07) is 11.3. The quantitative estimate of drug-likeness (QED) is 0.338. The molecular formula is C19H20N2O5. The highest BCUT2D eigenvalue weighted by molar-refractivity contribution is 6.09. The highest BCUT2D eigenvalue weighted by Crippen LogP contribution is 2.22. The van der Waals surface area contributed by atoms with E-state index < -0.39 is 10.9 Å². The molecule has 136 valence electrons. The molecule has 0 bridgehead atoms. The fraction of sp³-hybridized carbons (Fsp3) is 0.263. The van der Waals surface area contributed by atoms with E-state index in [9.17, 15) is 19.7 Å². The molecule has 0 aliphatic heterocycles. The first-order valence-electron chi connectivity index (χ1n) is 8.17. The van der Waals surface area contributed by atoms with Gasteiger partial charge >= 0.3 is 5.97 Å². The van der Waals surface area contributed by atoms with Crippen molar-refractivity contribution in [2.75, 3.05) is 13.2 Å². The topological polar surface area (TPSA) is 98.5 Å². The van der Waals surface area contributed by atoms with Gasteiger partial charge in [0.15, 0.2) is 5.78 Å². The van der Waals surface area contributed by atoms with Crippen LogP contribution in [0.2, 0.25) is 0 Å². The molecule has 0 saturated carbocycles. The molecule has 0 aliphatic rings. The van der Waals surface area contributed by atoms with Gasteiger partial charge in [-0.3, -0.25) is 19.7 Å². The van der Waals surface area contributed by atoms with Crippen LogP contribution in [-0.2, 0) is 16.1 Å². The van der Waals surface area contributed by atoms with Gasteiger partial charge < -0.3 is 10.1 Å². The smallest absolute Gasteiger partial charge is 0.319 e. The minimum absolute atomic E-state index is 0.0683. The second-order valence-electron chi connectivity index (χ2n) is 5.70. The second-order valence-corrected chi connectivity index (χ2v) is 5.70. The van der Waals surface area contributed by atoms with Crippen molar-refractivity contribution in [3.05, 3.63) is 74.8 Å². The number of aryl methyl sites for hydroxylation is 1. The number of carbonyl (C=O) groups is 2. The molecule has 2 aromatic rings. The van der Waals surface area contributed by atoms with E-state index in [2.05, 4.69) is 5.32 Å². The Kier molecular flexibility index (Phi) is 6.57. The number of nitrogens with zero attached hydrogens (tertiary/aromatic N) is 1. The fourth-order valence-electron chi connectivity index (χ4n) is 2.43. The maximum atomic E-state index is 12.6. The molecule has 0 saturated heterocycles. The Bertz CT molecular complexity index is 815. The number of ketones is 1. The monoisotopic (exact) mass is 356 g/mol. The van der Waals surface area contributed by atoms with Gasteiger partial charge in [0.1, 0.15) is 0 Å². The van der Waals surface area contributed by atoms with Gasteiger partial charge in [0.05, 0.1) is 18.1 Å². The normalized spacial score (nSPS) is 10.4. The van der Waals surface area contributed by atoms with E-state index in [1.165, 1.54) is 18.2 Å². The van der Waals surface area contributed by atoms with Crippen molar-refractivity contribution in [1.29, 1.82) is 0 Å². The predicted molar refractivity (Wildman–Crippen MR) is 96.0 cm³/mol. The first kappa shape index (κ1) is 19.3. The van der Waals surface area contributed by atoms with Crippen molar-refractivity contribution in [2.45, 2.75) is 20.4 Å². The third kappa shape index (κ3) is 4.97. The lowest BCUT2D eigenvalue weighted by Crippen LogP contribution is -2.24. The Morgan fingerprint density at radius 2 is 1.77 bits per heavy atom. The zero-order chi connectivity index (χ0) is 19.1. The van der Waals surface area contributed by atoms with Crippen LogP contribution in [-0.4, -0.2) is 29.8 Å². The minimum Gasteiger partial charge on any atom is -0.465 e. The van der Waals surface area contributed by atoms with Gasteiger partial charge in [0.25, 0.3) is 5.69 Å². The number of nitro groups is 1. The summed E-state index contributed by atoms with van der Waals surface area (Å²) in [5.41, 5.74) is 2.12. The predicted octanol–water partition coefficient (Wildman–Crippen LogP) is 2.79. The van der Waals surface area contributed by atoms with E-state index >= 15 is 0 Å². The number of esters is 1. The number of ether oxygens (including phenoxy) is 1. The van der Waals surface area contributed by atoms with Gasteiger partial charge in [-0.1, -0.05) is 29.8 Å². The molecule has 0 fully saturated rings. The van der Waals surface area contributed by atoms with Crippen LogP contribution in [0.15, 0.2) is 42.5 Å². The third-order valence-corrected chi connectivity index (χ3v) is 3.74. The number of rotatable bonds is 8. The van der Waals surface area contributed by atoms with Gasteiger partial charge in [-0.05, 0) is 26.0 Å². The van der Waals surface area contributed by atoms with Crippen LogP contribution in [0.5, 0.6) is 0 Å². The number of hydrogen-bond acceptors (Lipinski definition) is 6. The molecule has 0 radical (unpaired) electrons. The number of nitro benzene ring substituents is 1. The third-order valence-electron chi connectivity index (χ3n) is 3.74. The Labute approximate surface area is 151 Å². The lowest BCUT2D eigenvalue weighted by Gasteiger charge is -2.08. The van der Waals surface area contributed by atoms with E-state index in [1.54, 1.807) is 19.1 Å². The van der Waals surface area contributed by atoms with Crippen LogP contribution in [0.1, 0.15) is 34.0 Å². The van der Waals surface area contributed by atoms with E-state index in [4.69, 9.17) is 4.74 Å². The van der Waals surface area contributed by atoms with Crippen molar-refractivity contribution >= 4 is 17.4 Å². The van der Waals surface area contributed by atoms with E-state index in [0.717, 1.165) is 5.56 Å². The summed E-state index contributed by atoms with van der Waals surface area (Å²) in [7, 11) is 0. The summed E-state index contributed by atoms with van der Waals surface area (Å²) >= 11 is 0. The molecule has 0 unspecified atom stereocenters. The SMILES string of the molecule is CCOC(=O)CNCc1cc(C(=O)c2ccc(C)cc2)ccc1[N+](=O)[O-]. The van der Waals surface area contributed by atoms with Crippen LogP contribution in [0.3, 0.4) is 0 Å². The van der Waals surface area contributed by atoms with Crippen LogP contribution < -0.4 is 5.32 Å². The summed E-state index contributed by atoms with van der Waals surface area (Å²) in [6.45, 7) is 3.89. The zero-order valence-corrected chi connectivity index (χ0v) is 14.7. The maximum Gasteiger partial charge on any atom is 0.319 e. The summed E-state index contributed by atoms with van der Waals surface area (Å²) in [5, 5.41) is 14.0. The summed E-state index contributed by atoms with van der Waals surface area (Å²) in [6.07, 6.45) is 0. The Morgan fingerprint density at radius 1 is 1.12 bits per heavy atom. The van der Waals surface area contributed by atoms with Crippen molar-refractivity contribution in [3.63, 3.8) is 0 Å². The lowest BCUT2D eigenvalue weighted by atomic mass is 9.99. The molecule has 2 aromatic carbocycles. The van der Waals surface area contributed by atoms with E-state index in [0.29, 0.717) is 16.7 Å². The Hall–Kier alpha value is -3.06. The van der Waals surface area contributed by atoms with Gasteiger partial charge in [-0.15, -0.1) is 0 Å². The standard InChI is InChI=1S/C19H20N2O5/c1-3-26-18(22)12-20-11-16-10-15(8-9-17(16)21(24)25)19(23)14-6-4-13(2)5-7-14/h4-10,20H,3,11-12H2,1-2H3. The molecule has 0 spiro atoms. The zero-order valence-electron chi connectivity index (χ0n) is 14.7. The molecule has 7 nitrogen and oxygen atoms in total. The van der Waals surface area contributed by atoms with E-state index in [1.807, 2.05) is 19.1 Å². The minimum atomic E-state index is -0.512. The largest absolute Gasteiger partial charge is 0.465 e. The van der Waals surface area contributed by atoms with Crippen molar-refractivity contribution in [3.8, 4) is 0 Å². The van der Waals surface area contributed by atoms with Crippen LogP contribution in [0, 0.1) is 17.0 Å². The average Bonchev–Trinajstić information content (AvgIpc) is 2.61. The molecule has 7 heteroatoms. The summed E-state index contributed by atoms with van der Waals surface area (Å²) < 4.78 is 4.80. The van der Waals surface area contributed by atoms with Crippen molar-refractivity contribution < 1.29 is 19.2 Å². The number of benzene rings is 2. The molecule has 0 atom stereocenters. The second kappa shape index (κ2) is 8.87. The summed E-state index contributed by atoms with van der Waals surface area (Å²) in [4.78, 5) is 34.7. The van der Waals surface area contributed by atoms with Crippen LogP contribution in [0.25, 0.3) is 0 Å². The molecule has 26 heavy (non-hydrogen) atoms. The molecule has 0 aromatic heterocycles. The van der Waals surface area contributed by atoms with Gasteiger partial charge in [0, 0.05) is 29.3 Å². The summed E-state index contributed by atoms with van der Waals surface area (Å²) in [5.74, 6) is -0.659. The van der Waals surface area contributed by atoms with Crippen LogP contribution in [0.4, 0.5) is 5.69 Å². The van der Waals surface area contributed by atoms with Gasteiger partial charge in [-0.2, -0.15) is 0 Å². The molecular weight excluding hydrogens is 336 g/mol. The first-order valence-corrected chi connectivity index (χ1v) is 8.17. The van der Waals surface area contributed by atoms with Gasteiger partial charge in [-0.25, -0.2) is 0 Å². The first-order chi connectivity index (χ1) is 12.4. The highest BCUT2D eigenvalue weighted by atomic mass is 16.6. The van der Waals surface area contributed by atoms with Crippen molar-refractivity contribution in [1.82, 2.24) is 5.32 Å². The van der Waals surface area contributed by atoms with Crippen molar-refractivity contribution in [2.24, 2.45) is 0 Å². The molecule has 2 rings (SSSR count). The van der Waals surface area contributed by atoms with Crippen LogP contribution >= 0.6 is 0 Å². The number of carbonyl (C=O) groups excluding carboxylic acids is 2. The average molecular weight is 356 g/mol. The fourth-order valence-corrected chi connectivity index (χ4v) is 2.43. The highest BCUT2D eigenvalue weighted by Gasteiger charge is 2.18. The Balaban J connectivity index is 2.21. The lowest BCUT2D eigenvalue weighted by molar-refractivity contribution is -0.385. The molecule has 1 N–H and O–H groups in total. The Morgan fingerprint density at radius 3 is 2.38 bits per heavy atom. The number of hydrogen-bond donors (Lipinski definition) is 1. The maximum absolute atomic E-state index is 12.6. The van der Waals surface area contributed by atoms with E-state index in [-0.39, 0.29) is 31.2 Å². The number of nitrogens with one attached hydrogen (secondary N) is 1. The van der Waals surface area contributed by atoms with Gasteiger partial charge in [0.2, 0.25) is 0 Å². The molecule has 0 amide bonds.